The zero-order valence-electron chi connectivity index (χ0n) is 16.0. The minimum atomic E-state index is -0.0525. The van der Waals surface area contributed by atoms with E-state index in [1.54, 1.807) is 32.5 Å². The third-order valence-electron chi connectivity index (χ3n) is 4.94. The molecule has 1 atom stereocenters. The van der Waals surface area contributed by atoms with Crippen LogP contribution in [0.5, 0.6) is 11.5 Å². The van der Waals surface area contributed by atoms with Crippen molar-refractivity contribution in [3.05, 3.63) is 53.9 Å². The van der Waals surface area contributed by atoms with Crippen LogP contribution in [0.25, 0.3) is 0 Å². The van der Waals surface area contributed by atoms with Gasteiger partial charge in [-0.3, -0.25) is 9.78 Å². The number of nitrogens with one attached hydrogen (secondary N) is 1. The summed E-state index contributed by atoms with van der Waals surface area (Å²) in [7, 11) is 3.14. The van der Waals surface area contributed by atoms with Crippen molar-refractivity contribution in [1.82, 2.24) is 15.2 Å². The number of aromatic nitrogens is 1. The maximum absolute atomic E-state index is 13.6. The molecule has 1 saturated heterocycles. The third-order valence-corrected chi connectivity index (χ3v) is 4.94. The first kappa shape index (κ1) is 19.2. The predicted molar refractivity (Wildman–Crippen MR) is 104 cm³/mol. The quantitative estimate of drug-likeness (QED) is 0.848. The second-order valence-corrected chi connectivity index (χ2v) is 6.63. The molecule has 144 valence electrons. The molecule has 0 saturated carbocycles. The Bertz CT molecular complexity index is 744. The standard InChI is InChI=1S/C21H27N3O3/c1-26-19-10-5-9-18(20(19)27-2)21(25)24(15-16-7-3-4-13-23-16)17-8-6-12-22-14-11-17/h3-5,7,9-10,13,17,22H,6,8,11-12,14-15H2,1-2H3. The van der Waals surface area contributed by atoms with Crippen LogP contribution >= 0.6 is 0 Å². The van der Waals surface area contributed by atoms with E-state index in [0.29, 0.717) is 23.6 Å². The second-order valence-electron chi connectivity index (χ2n) is 6.63. The summed E-state index contributed by atoms with van der Waals surface area (Å²) < 4.78 is 10.9. The van der Waals surface area contributed by atoms with E-state index in [1.807, 2.05) is 29.2 Å². The van der Waals surface area contributed by atoms with E-state index in [1.165, 1.54) is 0 Å². The van der Waals surface area contributed by atoms with Crippen LogP contribution < -0.4 is 14.8 Å². The summed E-state index contributed by atoms with van der Waals surface area (Å²) >= 11 is 0. The summed E-state index contributed by atoms with van der Waals surface area (Å²) in [6, 6.07) is 11.4. The summed E-state index contributed by atoms with van der Waals surface area (Å²) in [4.78, 5) is 19.9. The molecule has 1 unspecified atom stereocenters. The molecule has 0 bridgehead atoms. The number of ether oxygens (including phenoxy) is 2. The molecule has 1 aliphatic heterocycles. The number of methoxy groups -OCH3 is 2. The van der Waals surface area contributed by atoms with E-state index in [2.05, 4.69) is 10.3 Å². The molecule has 2 aromatic rings. The van der Waals surface area contributed by atoms with Gasteiger partial charge in [0.1, 0.15) is 0 Å². The van der Waals surface area contributed by atoms with Crippen LogP contribution in [-0.4, -0.2) is 49.1 Å². The monoisotopic (exact) mass is 369 g/mol. The lowest BCUT2D eigenvalue weighted by Crippen LogP contribution is -2.40. The van der Waals surface area contributed by atoms with Gasteiger partial charge in [0.05, 0.1) is 32.0 Å². The molecular formula is C21H27N3O3. The van der Waals surface area contributed by atoms with Crippen molar-refractivity contribution >= 4 is 5.91 Å². The Morgan fingerprint density at radius 2 is 2.04 bits per heavy atom. The van der Waals surface area contributed by atoms with Gasteiger partial charge in [-0.05, 0) is 56.6 Å². The normalized spacial score (nSPS) is 17.0. The molecule has 6 heteroatoms. The van der Waals surface area contributed by atoms with E-state index in [9.17, 15) is 4.79 Å². The van der Waals surface area contributed by atoms with Crippen molar-refractivity contribution in [2.75, 3.05) is 27.3 Å². The Balaban J connectivity index is 1.95. The fraction of sp³-hybridized carbons (Fsp3) is 0.429. The Morgan fingerprint density at radius 1 is 1.15 bits per heavy atom. The smallest absolute Gasteiger partial charge is 0.258 e. The summed E-state index contributed by atoms with van der Waals surface area (Å²) in [5.74, 6) is 0.981. The molecule has 3 rings (SSSR count). The lowest BCUT2D eigenvalue weighted by atomic mass is 10.0. The zero-order valence-corrected chi connectivity index (χ0v) is 16.0. The number of hydrogen-bond acceptors (Lipinski definition) is 5. The fourth-order valence-corrected chi connectivity index (χ4v) is 3.56. The first-order valence-electron chi connectivity index (χ1n) is 9.37. The molecule has 0 radical (unpaired) electrons. The number of hydrogen-bond donors (Lipinski definition) is 1. The molecule has 1 aromatic carbocycles. The highest BCUT2D eigenvalue weighted by Gasteiger charge is 2.28. The van der Waals surface area contributed by atoms with Gasteiger partial charge in [-0.1, -0.05) is 12.1 Å². The van der Waals surface area contributed by atoms with Gasteiger partial charge in [-0.2, -0.15) is 0 Å². The van der Waals surface area contributed by atoms with Gasteiger partial charge >= 0.3 is 0 Å². The number of benzene rings is 1. The van der Waals surface area contributed by atoms with Gasteiger partial charge in [-0.25, -0.2) is 0 Å². The summed E-state index contributed by atoms with van der Waals surface area (Å²) in [5.41, 5.74) is 1.40. The van der Waals surface area contributed by atoms with Crippen LogP contribution in [0.4, 0.5) is 0 Å². The first-order valence-corrected chi connectivity index (χ1v) is 9.37. The van der Waals surface area contributed by atoms with Gasteiger partial charge in [0, 0.05) is 12.2 Å². The molecule has 1 amide bonds. The number of carbonyl (C=O) groups is 1. The second kappa shape index (κ2) is 9.37. The summed E-state index contributed by atoms with van der Waals surface area (Å²) in [6.45, 7) is 2.38. The summed E-state index contributed by atoms with van der Waals surface area (Å²) in [6.07, 6.45) is 4.70. The average molecular weight is 369 g/mol. The zero-order chi connectivity index (χ0) is 19.1. The van der Waals surface area contributed by atoms with Gasteiger partial charge in [-0.15, -0.1) is 0 Å². The van der Waals surface area contributed by atoms with E-state index < -0.39 is 0 Å². The van der Waals surface area contributed by atoms with Crippen LogP contribution in [0.1, 0.15) is 35.3 Å². The summed E-state index contributed by atoms with van der Waals surface area (Å²) in [5, 5.41) is 3.42. The van der Waals surface area contributed by atoms with E-state index in [-0.39, 0.29) is 11.9 Å². The Labute approximate surface area is 160 Å². The Morgan fingerprint density at radius 3 is 2.78 bits per heavy atom. The van der Waals surface area contributed by atoms with Crippen molar-refractivity contribution in [2.45, 2.75) is 31.8 Å². The molecule has 6 nitrogen and oxygen atoms in total. The minimum absolute atomic E-state index is 0.0525. The predicted octanol–water partition coefficient (Wildman–Crippen LogP) is 2.88. The van der Waals surface area contributed by atoms with Crippen LogP contribution in [0.2, 0.25) is 0 Å². The Hall–Kier alpha value is -2.60. The maximum atomic E-state index is 13.6. The number of nitrogens with zero attached hydrogens (tertiary/aromatic N) is 2. The van der Waals surface area contributed by atoms with Crippen molar-refractivity contribution in [3.63, 3.8) is 0 Å². The number of para-hydroxylation sites is 1. The molecule has 1 aliphatic rings. The highest BCUT2D eigenvalue weighted by atomic mass is 16.5. The first-order chi connectivity index (χ1) is 13.2. The van der Waals surface area contributed by atoms with Gasteiger partial charge in [0.2, 0.25) is 0 Å². The lowest BCUT2D eigenvalue weighted by Gasteiger charge is -2.31. The maximum Gasteiger partial charge on any atom is 0.258 e. The number of carbonyl (C=O) groups excluding carboxylic acids is 1. The topological polar surface area (TPSA) is 63.7 Å². The highest BCUT2D eigenvalue weighted by Crippen LogP contribution is 2.32. The van der Waals surface area contributed by atoms with Crippen molar-refractivity contribution in [1.29, 1.82) is 0 Å². The third kappa shape index (κ3) is 4.57. The van der Waals surface area contributed by atoms with Gasteiger partial charge in [0.15, 0.2) is 11.5 Å². The van der Waals surface area contributed by atoms with Crippen molar-refractivity contribution in [3.8, 4) is 11.5 Å². The van der Waals surface area contributed by atoms with Crippen LogP contribution in [0, 0.1) is 0 Å². The van der Waals surface area contributed by atoms with Gasteiger partial charge < -0.3 is 19.7 Å². The number of amides is 1. The van der Waals surface area contributed by atoms with Crippen molar-refractivity contribution in [2.24, 2.45) is 0 Å². The molecule has 1 fully saturated rings. The molecule has 27 heavy (non-hydrogen) atoms. The molecule has 0 aliphatic carbocycles. The SMILES string of the molecule is COc1cccc(C(=O)N(Cc2ccccn2)C2CCCNCC2)c1OC. The average Bonchev–Trinajstić information content (AvgIpc) is 3.01. The molecule has 1 aromatic heterocycles. The number of pyridine rings is 1. The number of rotatable bonds is 6. The minimum Gasteiger partial charge on any atom is -0.493 e. The van der Waals surface area contributed by atoms with Crippen LogP contribution in [0.15, 0.2) is 42.6 Å². The van der Waals surface area contributed by atoms with Crippen LogP contribution in [-0.2, 0) is 6.54 Å². The van der Waals surface area contributed by atoms with E-state index in [4.69, 9.17) is 9.47 Å². The van der Waals surface area contributed by atoms with Crippen molar-refractivity contribution < 1.29 is 14.3 Å². The van der Waals surface area contributed by atoms with Crippen LogP contribution in [0.3, 0.4) is 0 Å². The van der Waals surface area contributed by atoms with E-state index >= 15 is 0 Å². The Kier molecular flexibility index (Phi) is 6.65. The van der Waals surface area contributed by atoms with E-state index in [0.717, 1.165) is 38.0 Å². The highest BCUT2D eigenvalue weighted by molar-refractivity contribution is 5.98. The molecule has 0 spiro atoms. The largest absolute Gasteiger partial charge is 0.493 e. The molecule has 2 heterocycles. The molecule has 1 N–H and O–H groups in total. The molecular weight excluding hydrogens is 342 g/mol. The lowest BCUT2D eigenvalue weighted by molar-refractivity contribution is 0.0638. The fourth-order valence-electron chi connectivity index (χ4n) is 3.56. The van der Waals surface area contributed by atoms with Gasteiger partial charge in [0.25, 0.3) is 5.91 Å².